The summed E-state index contributed by atoms with van der Waals surface area (Å²) in [7, 11) is 0. The number of pyridine rings is 1. The number of aromatic hydroxyl groups is 2. The molecule has 0 spiro atoms. The summed E-state index contributed by atoms with van der Waals surface area (Å²) in [5.41, 5.74) is 7.73. The molecular formula is C87H110N22O16Tb+. The molecule has 38 nitrogen and oxygen atoms in total. The summed E-state index contributed by atoms with van der Waals surface area (Å²) >= 11 is 0. The van der Waals surface area contributed by atoms with Crippen molar-refractivity contribution in [1.82, 2.24) is 109 Å². The van der Waals surface area contributed by atoms with Gasteiger partial charge in [0.15, 0.2) is 11.2 Å². The summed E-state index contributed by atoms with van der Waals surface area (Å²) in [6.07, 6.45) is 9.25. The number of benzene rings is 5. The molecule has 126 heavy (non-hydrogen) atoms. The smallest absolute Gasteiger partial charge is 0.871 e. The van der Waals surface area contributed by atoms with Crippen molar-refractivity contribution in [3.8, 4) is 28.9 Å². The number of nitrogens with one attached hydrogen (secondary N) is 15. The van der Waals surface area contributed by atoms with Crippen LogP contribution in [0.2, 0.25) is 0 Å². The SMILES string of the molecule is Nc1nc(OCc2ccc(CNC(=O)c3ccc(CNC(=O)CCCCCCC(=O)CCCCCC4CNCCNCCNC(=O)c5cccc(c5[O-])C(=O)NCCN5CCNC(=O)c6cccc(c6O)C(=O)NCCNCCNCCNC(=O)c6cccc(c6[O-])C(=O)NCCN(CCNC(=O)c6cccc(c6O)C(=O)N4)CC5)nc3)cc2)c2nc[nH]c2n1.[Tb+3]. The summed E-state index contributed by atoms with van der Waals surface area (Å²) in [5, 5.41) is 91.3. The van der Waals surface area contributed by atoms with Crippen molar-refractivity contribution in [2.45, 2.75) is 96.4 Å². The zero-order valence-electron chi connectivity index (χ0n) is 70.1. The Bertz CT molecular complexity index is 5000. The van der Waals surface area contributed by atoms with Gasteiger partial charge in [-0.05, 0) is 73.2 Å². The number of anilines is 1. The minimum atomic E-state index is -0.796. The Kier molecular flexibility index (Phi) is 40.4. The number of carbonyl (C=O) groups is 11. The van der Waals surface area contributed by atoms with Crippen LogP contribution in [-0.4, -0.2) is 253 Å². The van der Waals surface area contributed by atoms with Gasteiger partial charge in [0.1, 0.15) is 23.9 Å². The molecule has 19 N–H and O–H groups in total. The number of ether oxygens (including phenoxy) is 1. The first-order valence-electron chi connectivity index (χ1n) is 42.2. The van der Waals surface area contributed by atoms with E-state index in [2.05, 4.69) is 99.4 Å². The number of fused-ring (bicyclic) bond motifs is 12. The topological polar surface area (TPSA) is 552 Å². The van der Waals surface area contributed by atoms with Gasteiger partial charge in [-0.15, -0.1) is 0 Å². The maximum atomic E-state index is 14.2. The van der Waals surface area contributed by atoms with Crippen molar-refractivity contribution >= 4 is 82.0 Å². The van der Waals surface area contributed by atoms with Crippen LogP contribution >= 0.6 is 0 Å². The minimum Gasteiger partial charge on any atom is -0.871 e. The predicted molar refractivity (Wildman–Crippen MR) is 460 cm³/mol. The first-order valence-corrected chi connectivity index (χ1v) is 42.2. The number of amides is 10. The molecule has 3 atom stereocenters. The van der Waals surface area contributed by atoms with Gasteiger partial charge in [0.2, 0.25) is 17.7 Å². The van der Waals surface area contributed by atoms with Gasteiger partial charge in [0.05, 0.1) is 46.4 Å². The number of aromatic amines is 1. The van der Waals surface area contributed by atoms with E-state index < -0.39 is 76.3 Å². The molecule has 39 heteroatoms. The number of nitrogen functional groups attached to an aromatic ring is 1. The fraction of sp³-hybridized carbons (Fsp3) is 0.414. The molecule has 2 aliphatic heterocycles. The number of imidazole rings is 1. The fourth-order valence-corrected chi connectivity index (χ4v) is 13.9. The van der Waals surface area contributed by atoms with Crippen LogP contribution in [0.3, 0.4) is 0 Å². The summed E-state index contributed by atoms with van der Waals surface area (Å²) in [5.74, 6) is -8.26. The Labute approximate surface area is 759 Å². The molecule has 0 fully saturated rings. The van der Waals surface area contributed by atoms with Crippen molar-refractivity contribution in [3.05, 3.63) is 189 Å². The number of nitrogens with zero attached hydrogens (tertiary/aromatic N) is 6. The molecule has 0 saturated carbocycles. The van der Waals surface area contributed by atoms with E-state index in [9.17, 15) is 73.2 Å². The quantitative estimate of drug-likeness (QED) is 0.0444. The fourth-order valence-electron chi connectivity index (χ4n) is 13.9. The molecule has 0 saturated heterocycles. The Morgan fingerprint density at radius 1 is 0.452 bits per heavy atom. The van der Waals surface area contributed by atoms with Gasteiger partial charge in [-0.2, -0.15) is 9.97 Å². The van der Waals surface area contributed by atoms with Crippen LogP contribution in [0.4, 0.5) is 5.95 Å². The third-order valence-electron chi connectivity index (χ3n) is 20.9. The van der Waals surface area contributed by atoms with Crippen LogP contribution in [-0.2, 0) is 29.3 Å². The number of carbonyl (C=O) groups excluding carboxylic acids is 11. The molecular weight excluding hydrogens is 1770 g/mol. The number of ketones is 1. The molecule has 8 aromatic rings. The van der Waals surface area contributed by atoms with E-state index in [0.717, 1.165) is 24.0 Å². The van der Waals surface area contributed by atoms with Gasteiger partial charge >= 0.3 is 38.6 Å². The number of H-pyrrole nitrogens is 1. The number of nitrogens with two attached hydrogens (primary N) is 1. The van der Waals surface area contributed by atoms with E-state index in [0.29, 0.717) is 126 Å². The van der Waals surface area contributed by atoms with Crippen molar-refractivity contribution in [1.29, 1.82) is 0 Å². The molecule has 10 bridgehead atoms. The van der Waals surface area contributed by atoms with Crippen LogP contribution in [0.1, 0.15) is 181 Å². The predicted octanol–water partition coefficient (Wildman–Crippen LogP) is 0.871. The molecule has 2 aliphatic rings. The molecule has 0 radical (unpaired) electrons. The third kappa shape index (κ3) is 31.0. The zero-order chi connectivity index (χ0) is 88.7. The van der Waals surface area contributed by atoms with E-state index >= 15 is 0 Å². The number of Topliss-reactive ketones (excluding diaryl/α,β-unsaturated/α-hetero) is 1. The van der Waals surface area contributed by atoms with Gasteiger partial charge in [-0.25, -0.2) is 4.98 Å². The Morgan fingerprint density at radius 3 is 1.35 bits per heavy atom. The Hall–Kier alpha value is -12.0. The average molecular weight is 1880 g/mol. The van der Waals surface area contributed by atoms with Gasteiger partial charge in [0, 0.05) is 198 Å². The van der Waals surface area contributed by atoms with Crippen LogP contribution in [0.15, 0.2) is 122 Å². The summed E-state index contributed by atoms with van der Waals surface area (Å²) in [4.78, 5) is 172. The number of aromatic nitrogens is 5. The normalized spacial score (nSPS) is 17.3. The molecule has 5 aromatic carbocycles. The van der Waals surface area contributed by atoms with E-state index in [4.69, 9.17) is 10.5 Å². The van der Waals surface area contributed by atoms with Crippen LogP contribution in [0.25, 0.3) is 11.2 Å². The van der Waals surface area contributed by atoms with E-state index in [1.165, 1.54) is 85.3 Å². The number of phenolic OH excluding ortho intramolecular Hbond substituents is 2. The van der Waals surface area contributed by atoms with Gasteiger partial charge in [0.25, 0.3) is 53.2 Å². The number of hydrogen-bond acceptors (Lipinski definition) is 27. The number of rotatable bonds is 21. The van der Waals surface area contributed by atoms with Crippen molar-refractivity contribution in [3.63, 3.8) is 0 Å². The maximum absolute atomic E-state index is 14.2. The largest absolute Gasteiger partial charge is 3.00 e. The molecule has 672 valence electrons. The molecule has 10 rings (SSSR count). The van der Waals surface area contributed by atoms with Crippen molar-refractivity contribution < 1.29 is 117 Å². The van der Waals surface area contributed by atoms with E-state index in [-0.39, 0.29) is 224 Å². The van der Waals surface area contributed by atoms with Gasteiger partial charge in [-0.1, -0.05) is 110 Å². The Morgan fingerprint density at radius 2 is 0.873 bits per heavy atom. The first kappa shape index (κ1) is 97.8. The van der Waals surface area contributed by atoms with Crippen LogP contribution in [0.5, 0.6) is 28.9 Å². The van der Waals surface area contributed by atoms with Gasteiger partial charge in [-0.3, -0.25) is 67.5 Å². The summed E-state index contributed by atoms with van der Waals surface area (Å²) in [6.45, 7) is 4.82. The zero-order valence-corrected chi connectivity index (χ0v) is 72.2. The molecule has 0 aliphatic carbocycles. The number of phenols is 2. The monoisotopic (exact) mass is 1880 g/mol. The second kappa shape index (κ2) is 52.1. The van der Waals surface area contributed by atoms with Crippen LogP contribution < -0.4 is 95.1 Å². The standard InChI is InChI=1S/C87H112N22O16.Tb/c88-87-106-76-71(103-55-104-76)86(107-87)125-54-57-26-24-56(25-27-57)50-102-77(116)58-28-29-59(100-51-58)53-101-70(111)23-7-2-1-5-13-61(110)14-6-3-4-12-60-52-92-33-32-91-36-39-95-80(119)64-17-10-20-67(74(64)114)83(122)97-41-45-108-44-40-96-81(120)65-18-8-15-62(72(65)112)78(117)93-37-34-89-30-31-90-35-38-94-79(118)63-16-9-19-66(73(63)113)82(121)98-42-46-109(49-48-108)47-43-99-84(123)68-21-11-22-69(75(68)115)85(124)105-60;/h8-11,15-22,24-29,51,55,60,89-92,112-115H,1-7,12-14,23,30-50,52-54H2,(H,93,117)(H,94,118)(H,95,119)(H,96,120)(H,97,122)(H,98,121)(H,99,123)(H,101,111)(H,102,116)(H,105,124)(H3,88,103,104,106,107);/q;+3/p-2. The molecule has 3 aromatic heterocycles. The average Bonchev–Trinajstić information content (AvgIpc) is 1.27. The minimum absolute atomic E-state index is 0. The maximum Gasteiger partial charge on any atom is 3.00 e. The molecule has 5 heterocycles. The van der Waals surface area contributed by atoms with E-state index in [1.807, 2.05) is 34.1 Å². The second-order valence-corrected chi connectivity index (χ2v) is 30.0. The summed E-state index contributed by atoms with van der Waals surface area (Å²) in [6, 6.07) is 26.9. The first-order chi connectivity index (χ1) is 60.7. The molecule has 3 unspecified atom stereocenters. The van der Waals surface area contributed by atoms with E-state index in [1.54, 1.807) is 12.1 Å². The van der Waals surface area contributed by atoms with Gasteiger partial charge < -0.3 is 110 Å². The van der Waals surface area contributed by atoms with Crippen molar-refractivity contribution in [2.75, 3.05) is 143 Å². The number of para-hydroxylation sites is 4. The number of hydrogen-bond donors (Lipinski definition) is 18. The molecule has 10 amide bonds. The van der Waals surface area contributed by atoms with Crippen molar-refractivity contribution in [2.24, 2.45) is 0 Å². The second-order valence-electron chi connectivity index (χ2n) is 30.0. The number of unbranched alkanes of at least 4 members (excludes halogenated alkanes) is 5. The summed E-state index contributed by atoms with van der Waals surface area (Å²) < 4.78 is 5.85. The van der Waals surface area contributed by atoms with Crippen LogP contribution in [0, 0.1) is 38.6 Å². The Balaban J connectivity index is 0.0000180. The third-order valence-corrected chi connectivity index (χ3v) is 20.9.